The van der Waals surface area contributed by atoms with Gasteiger partial charge in [-0.3, -0.25) is 0 Å². The Morgan fingerprint density at radius 3 is 2.70 bits per heavy atom. The van der Waals surface area contributed by atoms with Crippen molar-refractivity contribution in [1.82, 2.24) is 0 Å². The second-order valence-corrected chi connectivity index (χ2v) is 4.03. The molecule has 2 bridgehead atoms. The van der Waals surface area contributed by atoms with Crippen molar-refractivity contribution in [2.45, 2.75) is 36.6 Å². The minimum absolute atomic E-state index is 0.0312. The Balaban J connectivity index is 2.26. The predicted octanol–water partition coefficient (Wildman–Crippen LogP) is 2.30. The van der Waals surface area contributed by atoms with E-state index in [1.807, 2.05) is 0 Å². The van der Waals surface area contributed by atoms with Gasteiger partial charge in [0.15, 0.2) is 0 Å². The standard InChI is InChI=1S/C7H10ClNO/c8-6-3-5-1-2-7(6,4-5)9-10/h5-6H,1-4H2. The average Bonchev–Trinajstić information content (AvgIpc) is 2.44. The van der Waals surface area contributed by atoms with Crippen molar-refractivity contribution in [2.75, 3.05) is 0 Å². The Morgan fingerprint density at radius 2 is 2.40 bits per heavy atom. The summed E-state index contributed by atoms with van der Waals surface area (Å²) in [4.78, 5) is 10.5. The molecule has 0 aromatic rings. The van der Waals surface area contributed by atoms with E-state index in [9.17, 15) is 4.91 Å². The molecule has 3 heteroatoms. The first-order valence-electron chi connectivity index (χ1n) is 3.75. The molecule has 2 aliphatic carbocycles. The van der Waals surface area contributed by atoms with Crippen molar-refractivity contribution in [1.29, 1.82) is 0 Å². The summed E-state index contributed by atoms with van der Waals surface area (Å²) in [5, 5.41) is 3.21. The summed E-state index contributed by atoms with van der Waals surface area (Å²) >= 11 is 5.97. The number of hydrogen-bond acceptors (Lipinski definition) is 2. The summed E-state index contributed by atoms with van der Waals surface area (Å²) in [6.45, 7) is 0. The Labute approximate surface area is 64.9 Å². The van der Waals surface area contributed by atoms with Crippen LogP contribution in [0.3, 0.4) is 0 Å². The largest absolute Gasteiger partial charge is 0.150 e. The molecule has 2 nitrogen and oxygen atoms in total. The molecule has 0 saturated heterocycles. The molecule has 2 rings (SSSR count). The highest BCUT2D eigenvalue weighted by molar-refractivity contribution is 6.21. The van der Waals surface area contributed by atoms with Gasteiger partial charge in [0.1, 0.15) is 5.54 Å². The van der Waals surface area contributed by atoms with Crippen LogP contribution in [-0.2, 0) is 0 Å². The summed E-state index contributed by atoms with van der Waals surface area (Å²) in [5.41, 5.74) is -0.355. The molecule has 0 aromatic heterocycles. The van der Waals surface area contributed by atoms with Gasteiger partial charge in [0.2, 0.25) is 0 Å². The van der Waals surface area contributed by atoms with Crippen molar-refractivity contribution >= 4 is 11.6 Å². The van der Waals surface area contributed by atoms with Crippen LogP contribution >= 0.6 is 11.6 Å². The van der Waals surface area contributed by atoms with Crippen molar-refractivity contribution in [3.63, 3.8) is 0 Å². The number of halogens is 1. The molecule has 0 spiro atoms. The summed E-state index contributed by atoms with van der Waals surface area (Å²) in [6, 6.07) is 0. The lowest BCUT2D eigenvalue weighted by molar-refractivity contribution is 0.425. The first kappa shape index (κ1) is 6.59. The highest BCUT2D eigenvalue weighted by atomic mass is 35.5. The predicted molar refractivity (Wildman–Crippen MR) is 40.1 cm³/mol. The maximum Gasteiger partial charge on any atom is 0.119 e. The Bertz CT molecular complexity index is 173. The van der Waals surface area contributed by atoms with E-state index in [1.54, 1.807) is 0 Å². The van der Waals surface area contributed by atoms with Gasteiger partial charge in [-0.25, -0.2) is 0 Å². The van der Waals surface area contributed by atoms with Crippen LogP contribution in [0.2, 0.25) is 0 Å². The maximum atomic E-state index is 10.5. The molecule has 2 saturated carbocycles. The van der Waals surface area contributed by atoms with E-state index in [0.717, 1.165) is 25.7 Å². The Kier molecular flexibility index (Phi) is 1.28. The molecule has 0 heterocycles. The third-order valence-electron chi connectivity index (χ3n) is 2.93. The molecule has 0 radical (unpaired) electrons. The molecule has 0 N–H and O–H groups in total. The van der Waals surface area contributed by atoms with E-state index in [1.165, 1.54) is 0 Å². The molecule has 0 aromatic carbocycles. The van der Waals surface area contributed by atoms with Crippen molar-refractivity contribution in [3.8, 4) is 0 Å². The summed E-state index contributed by atoms with van der Waals surface area (Å²) < 4.78 is 0. The summed E-state index contributed by atoms with van der Waals surface area (Å²) in [6.07, 6.45) is 4.04. The fraction of sp³-hybridized carbons (Fsp3) is 1.00. The smallest absolute Gasteiger partial charge is 0.119 e. The SMILES string of the molecule is O=NC12CCC(CC1Cl)C2. The zero-order chi connectivity index (χ0) is 7.19. The Morgan fingerprint density at radius 1 is 1.60 bits per heavy atom. The van der Waals surface area contributed by atoms with E-state index in [2.05, 4.69) is 5.18 Å². The molecule has 10 heavy (non-hydrogen) atoms. The molecule has 56 valence electrons. The van der Waals surface area contributed by atoms with Gasteiger partial charge in [-0.2, -0.15) is 4.91 Å². The molecule has 0 amide bonds. The third-order valence-corrected chi connectivity index (χ3v) is 3.52. The molecular weight excluding hydrogens is 150 g/mol. The van der Waals surface area contributed by atoms with Crippen molar-refractivity contribution in [2.24, 2.45) is 11.1 Å². The van der Waals surface area contributed by atoms with Crippen LogP contribution in [0.1, 0.15) is 25.7 Å². The van der Waals surface area contributed by atoms with Crippen LogP contribution < -0.4 is 0 Å². The van der Waals surface area contributed by atoms with Gasteiger partial charge in [0.25, 0.3) is 0 Å². The topological polar surface area (TPSA) is 29.4 Å². The number of rotatable bonds is 1. The van der Waals surface area contributed by atoms with Crippen molar-refractivity contribution in [3.05, 3.63) is 4.91 Å². The second kappa shape index (κ2) is 1.94. The lowest BCUT2D eigenvalue weighted by Crippen LogP contribution is -2.30. The lowest BCUT2D eigenvalue weighted by atomic mass is 9.94. The lowest BCUT2D eigenvalue weighted by Gasteiger charge is -2.22. The van der Waals surface area contributed by atoms with Gasteiger partial charge in [-0.15, -0.1) is 11.6 Å². The van der Waals surface area contributed by atoms with Gasteiger partial charge in [0, 0.05) is 0 Å². The number of hydrogen-bond donors (Lipinski definition) is 0. The first-order valence-corrected chi connectivity index (χ1v) is 4.19. The normalized spacial score (nSPS) is 51.7. The van der Waals surface area contributed by atoms with E-state index in [4.69, 9.17) is 11.6 Å². The fourth-order valence-corrected chi connectivity index (χ4v) is 2.79. The number of fused-ring (bicyclic) bond motifs is 2. The van der Waals surface area contributed by atoms with Gasteiger partial charge in [-0.05, 0) is 31.6 Å². The van der Waals surface area contributed by atoms with Gasteiger partial charge in [0.05, 0.1) is 5.38 Å². The van der Waals surface area contributed by atoms with Gasteiger partial charge < -0.3 is 0 Å². The number of nitrogens with zero attached hydrogens (tertiary/aromatic N) is 1. The fourth-order valence-electron chi connectivity index (χ4n) is 2.30. The zero-order valence-corrected chi connectivity index (χ0v) is 6.47. The van der Waals surface area contributed by atoms with Crippen LogP contribution in [-0.4, -0.2) is 10.9 Å². The van der Waals surface area contributed by atoms with Crippen LogP contribution in [0, 0.1) is 10.8 Å². The van der Waals surface area contributed by atoms with Crippen LogP contribution in [0.25, 0.3) is 0 Å². The number of nitroso groups, excluding NO2 is 1. The van der Waals surface area contributed by atoms with E-state index in [-0.39, 0.29) is 10.9 Å². The maximum absolute atomic E-state index is 10.5. The van der Waals surface area contributed by atoms with Crippen molar-refractivity contribution < 1.29 is 0 Å². The highest BCUT2D eigenvalue weighted by Crippen LogP contribution is 2.52. The van der Waals surface area contributed by atoms with Crippen LogP contribution in [0.4, 0.5) is 0 Å². The summed E-state index contributed by atoms with van der Waals surface area (Å²) in [5.74, 6) is 0.695. The molecule has 3 atom stereocenters. The van der Waals surface area contributed by atoms with E-state index in [0.29, 0.717) is 5.92 Å². The Hall–Kier alpha value is -0.110. The summed E-state index contributed by atoms with van der Waals surface area (Å²) in [7, 11) is 0. The minimum atomic E-state index is -0.355. The minimum Gasteiger partial charge on any atom is -0.150 e. The molecule has 0 aliphatic heterocycles. The first-order chi connectivity index (χ1) is 4.77. The third kappa shape index (κ3) is 0.656. The molecule has 2 aliphatic rings. The quantitative estimate of drug-likeness (QED) is 0.427. The van der Waals surface area contributed by atoms with Crippen LogP contribution in [0.15, 0.2) is 5.18 Å². The van der Waals surface area contributed by atoms with Crippen LogP contribution in [0.5, 0.6) is 0 Å². The van der Waals surface area contributed by atoms with Gasteiger partial charge in [-0.1, -0.05) is 5.18 Å². The van der Waals surface area contributed by atoms with Gasteiger partial charge >= 0.3 is 0 Å². The second-order valence-electron chi connectivity index (χ2n) is 3.51. The molecule has 3 unspecified atom stereocenters. The van der Waals surface area contributed by atoms with E-state index < -0.39 is 0 Å². The molecular formula is C7H10ClNO. The average molecular weight is 160 g/mol. The van der Waals surface area contributed by atoms with E-state index >= 15 is 0 Å². The zero-order valence-electron chi connectivity index (χ0n) is 5.72. The number of alkyl halides is 1. The highest BCUT2D eigenvalue weighted by Gasteiger charge is 2.53. The monoisotopic (exact) mass is 159 g/mol. The molecule has 2 fully saturated rings.